The van der Waals surface area contributed by atoms with Crippen molar-refractivity contribution in [3.05, 3.63) is 29.3 Å². The van der Waals surface area contributed by atoms with Gasteiger partial charge in [-0.2, -0.15) is 0 Å². The largest absolute Gasteiger partial charge is 0.482 e. The summed E-state index contributed by atoms with van der Waals surface area (Å²) in [5.74, 6) is 1.04. The molecule has 8 heteroatoms. The number of hydrogen-bond acceptors (Lipinski definition) is 8. The van der Waals surface area contributed by atoms with E-state index < -0.39 is 5.97 Å². The van der Waals surface area contributed by atoms with Crippen LogP contribution in [0.2, 0.25) is 0 Å². The molecule has 0 radical (unpaired) electrons. The zero-order valence-corrected chi connectivity index (χ0v) is 21.0. The Kier molecular flexibility index (Phi) is 11.3. The number of benzene rings is 1. The Labute approximate surface area is 208 Å². The van der Waals surface area contributed by atoms with E-state index in [1.165, 1.54) is 10.6 Å². The Morgan fingerprint density at radius 3 is 2.63 bits per heavy atom. The minimum Gasteiger partial charge on any atom is -0.482 e. The third-order valence-corrected chi connectivity index (χ3v) is 7.60. The number of carbonyl (C=O) groups excluding carboxylic acids is 1. The van der Waals surface area contributed by atoms with Crippen LogP contribution in [-0.2, 0) is 22.5 Å². The summed E-state index contributed by atoms with van der Waals surface area (Å²) in [7, 11) is 0. The average Bonchev–Trinajstić information content (AvgIpc) is 3.14. The Balaban J connectivity index is 1.57. The molecule has 2 aliphatic rings. The highest BCUT2D eigenvalue weighted by atomic mass is 16.7. The third-order valence-electron chi connectivity index (χ3n) is 7.60. The molecule has 35 heavy (non-hydrogen) atoms. The fourth-order valence-corrected chi connectivity index (χ4v) is 5.83. The molecule has 2 aliphatic carbocycles. The molecule has 0 heterocycles. The molecule has 0 aromatic heterocycles. The first-order valence-corrected chi connectivity index (χ1v) is 13.2. The first-order chi connectivity index (χ1) is 17.0. The van der Waals surface area contributed by atoms with Gasteiger partial charge in [-0.05, 0) is 73.5 Å². The first kappa shape index (κ1) is 27.9. The maximum atomic E-state index is 12.2. The second-order valence-corrected chi connectivity index (χ2v) is 10.0. The van der Waals surface area contributed by atoms with Crippen LogP contribution in [0.15, 0.2) is 18.2 Å². The van der Waals surface area contributed by atoms with E-state index >= 15 is 0 Å². The van der Waals surface area contributed by atoms with Crippen LogP contribution in [0, 0.1) is 17.8 Å². The van der Waals surface area contributed by atoms with E-state index in [-0.39, 0.29) is 51.0 Å². The first-order valence-electron chi connectivity index (χ1n) is 13.2. The van der Waals surface area contributed by atoms with Gasteiger partial charge in [0.25, 0.3) is 0 Å². The van der Waals surface area contributed by atoms with Crippen molar-refractivity contribution in [1.82, 2.24) is 5.06 Å². The number of hydroxylamine groups is 2. The van der Waals surface area contributed by atoms with Crippen LogP contribution in [0.25, 0.3) is 0 Å². The van der Waals surface area contributed by atoms with Gasteiger partial charge in [0.05, 0.1) is 38.5 Å². The molecule has 0 unspecified atom stereocenters. The predicted molar refractivity (Wildman–Crippen MR) is 132 cm³/mol. The number of fused-ring (bicyclic) bond motifs is 2. The molecule has 0 bridgehead atoms. The van der Waals surface area contributed by atoms with Crippen LogP contribution in [0.1, 0.15) is 63.0 Å². The van der Waals surface area contributed by atoms with Crippen molar-refractivity contribution < 1.29 is 34.8 Å². The second kappa shape index (κ2) is 14.1. The maximum absolute atomic E-state index is 12.2. The molecule has 0 amide bonds. The Bertz CT molecular complexity index is 783. The van der Waals surface area contributed by atoms with Gasteiger partial charge in [0.15, 0.2) is 6.61 Å². The van der Waals surface area contributed by atoms with Crippen LogP contribution >= 0.6 is 0 Å². The molecule has 8 nitrogen and oxygen atoms in total. The lowest BCUT2D eigenvalue weighted by Crippen LogP contribution is -2.34. The molecular formula is C27H43NO7. The van der Waals surface area contributed by atoms with Gasteiger partial charge in [-0.3, -0.25) is 0 Å². The lowest BCUT2D eigenvalue weighted by atomic mass is 9.73. The van der Waals surface area contributed by atoms with E-state index in [0.29, 0.717) is 17.6 Å². The topological polar surface area (TPSA) is 120 Å². The molecule has 1 fully saturated rings. The number of rotatable bonds is 15. The molecule has 198 valence electrons. The lowest BCUT2D eigenvalue weighted by Gasteiger charge is -2.32. The zero-order chi connectivity index (χ0) is 25.2. The standard InChI is InChI=1S/C27H43NO7/c1-2-3-4-7-21(31)9-10-22-23-15-19-6-5-8-26(24(19)16-20(23)17-25(22)32)34-18-27(33)35-28(11-13-29)12-14-30/h5-6,8,20-23,25,29-32H,2-4,7,9-18H2,1H3/t20-,21-,22+,23-,25+/m0/s1. The van der Waals surface area contributed by atoms with E-state index in [1.54, 1.807) is 0 Å². The Morgan fingerprint density at radius 2 is 1.91 bits per heavy atom. The van der Waals surface area contributed by atoms with Crippen LogP contribution in [0.4, 0.5) is 0 Å². The summed E-state index contributed by atoms with van der Waals surface area (Å²) in [6.45, 7) is 1.77. The molecular weight excluding hydrogens is 450 g/mol. The normalized spacial score (nSPS) is 24.2. The minimum absolute atomic E-state index is 0.120. The zero-order valence-electron chi connectivity index (χ0n) is 21.0. The van der Waals surface area contributed by atoms with Gasteiger partial charge in [0.2, 0.25) is 0 Å². The summed E-state index contributed by atoms with van der Waals surface area (Å²) in [6, 6.07) is 5.89. The number of hydrogen-bond donors (Lipinski definition) is 4. The van der Waals surface area contributed by atoms with Crippen molar-refractivity contribution >= 4 is 5.97 Å². The number of carbonyl (C=O) groups is 1. The van der Waals surface area contributed by atoms with E-state index in [2.05, 4.69) is 13.0 Å². The van der Waals surface area contributed by atoms with Crippen LogP contribution in [0.3, 0.4) is 0 Å². The monoisotopic (exact) mass is 493 g/mol. The molecule has 1 saturated carbocycles. The fraction of sp³-hybridized carbons (Fsp3) is 0.741. The highest BCUT2D eigenvalue weighted by Gasteiger charge is 2.44. The van der Waals surface area contributed by atoms with Gasteiger partial charge in [-0.15, -0.1) is 5.06 Å². The van der Waals surface area contributed by atoms with Crippen LogP contribution in [-0.4, -0.2) is 76.6 Å². The molecule has 4 N–H and O–H groups in total. The van der Waals surface area contributed by atoms with Crippen LogP contribution < -0.4 is 4.74 Å². The minimum atomic E-state index is -0.591. The molecule has 1 aromatic carbocycles. The number of unbranched alkanes of at least 4 members (excludes halogenated alkanes) is 2. The summed E-state index contributed by atoms with van der Waals surface area (Å²) < 4.78 is 5.83. The average molecular weight is 494 g/mol. The Hall–Kier alpha value is -1.71. The second-order valence-electron chi connectivity index (χ2n) is 10.0. The van der Waals surface area contributed by atoms with Gasteiger partial charge in [-0.1, -0.05) is 38.3 Å². The van der Waals surface area contributed by atoms with Gasteiger partial charge in [0, 0.05) is 0 Å². The summed E-state index contributed by atoms with van der Waals surface area (Å²) in [5, 5.41) is 40.5. The number of nitrogens with zero attached hydrogens (tertiary/aromatic N) is 1. The van der Waals surface area contributed by atoms with Crippen molar-refractivity contribution in [1.29, 1.82) is 0 Å². The quantitative estimate of drug-likeness (QED) is 0.217. The number of aliphatic hydroxyl groups is 4. The van der Waals surface area contributed by atoms with Crippen molar-refractivity contribution in [2.24, 2.45) is 17.8 Å². The highest BCUT2D eigenvalue weighted by Crippen LogP contribution is 2.48. The van der Waals surface area contributed by atoms with Crippen LogP contribution in [0.5, 0.6) is 5.75 Å². The molecule has 5 atom stereocenters. The SMILES string of the molecule is CCCCC[C@H](O)CC[C@@H]1[C@H]2Cc3cccc(OCC(=O)ON(CCO)CCO)c3C[C@H]2C[C@H]1O. The Morgan fingerprint density at radius 1 is 1.14 bits per heavy atom. The third kappa shape index (κ3) is 7.89. The van der Waals surface area contributed by atoms with E-state index in [9.17, 15) is 15.0 Å². The molecule has 0 aliphatic heterocycles. The smallest absolute Gasteiger partial charge is 0.362 e. The van der Waals surface area contributed by atoms with E-state index in [0.717, 1.165) is 63.4 Å². The van der Waals surface area contributed by atoms with E-state index in [1.807, 2.05) is 12.1 Å². The molecule has 0 saturated heterocycles. The van der Waals surface area contributed by atoms with Crippen molar-refractivity contribution in [3.8, 4) is 5.75 Å². The van der Waals surface area contributed by atoms with Gasteiger partial charge in [0.1, 0.15) is 5.75 Å². The number of aliphatic hydroxyl groups excluding tert-OH is 4. The predicted octanol–water partition coefficient (Wildman–Crippen LogP) is 2.24. The van der Waals surface area contributed by atoms with Gasteiger partial charge < -0.3 is 30.0 Å². The fourth-order valence-electron chi connectivity index (χ4n) is 5.83. The summed E-state index contributed by atoms with van der Waals surface area (Å²) in [5.41, 5.74) is 2.29. The molecule has 3 rings (SSSR count). The van der Waals surface area contributed by atoms with Crippen molar-refractivity contribution in [3.63, 3.8) is 0 Å². The summed E-state index contributed by atoms with van der Waals surface area (Å²) in [6.07, 6.45) is 7.60. The van der Waals surface area contributed by atoms with Crippen molar-refractivity contribution in [2.75, 3.05) is 32.9 Å². The van der Waals surface area contributed by atoms with Gasteiger partial charge in [-0.25, -0.2) is 4.79 Å². The highest BCUT2D eigenvalue weighted by molar-refractivity contribution is 5.71. The maximum Gasteiger partial charge on any atom is 0.362 e. The van der Waals surface area contributed by atoms with Crippen molar-refractivity contribution in [2.45, 2.75) is 76.9 Å². The van der Waals surface area contributed by atoms with Gasteiger partial charge >= 0.3 is 5.97 Å². The summed E-state index contributed by atoms with van der Waals surface area (Å²) in [4.78, 5) is 17.4. The molecule has 1 aromatic rings. The lowest BCUT2D eigenvalue weighted by molar-refractivity contribution is -0.196. The molecule has 0 spiro atoms. The van der Waals surface area contributed by atoms with E-state index in [4.69, 9.17) is 19.8 Å². The number of ether oxygens (including phenoxy) is 1. The summed E-state index contributed by atoms with van der Waals surface area (Å²) >= 11 is 0.